The molecule has 2 N–H and O–H groups in total. The summed E-state index contributed by atoms with van der Waals surface area (Å²) < 4.78 is 5.77. The molecule has 1 aliphatic carbocycles. The predicted molar refractivity (Wildman–Crippen MR) is 66.4 cm³/mol. The van der Waals surface area contributed by atoms with Gasteiger partial charge in [0, 0.05) is 25.7 Å². The molecule has 0 radical (unpaired) electrons. The number of likely N-dealkylation sites (N-methyl/N-ethyl adjacent to an activating group) is 1. The van der Waals surface area contributed by atoms with Crippen LogP contribution in [0.1, 0.15) is 38.5 Å². The molecule has 2 fully saturated rings. The number of ether oxygens (including phenoxy) is 1. The van der Waals surface area contributed by atoms with Gasteiger partial charge in [0.05, 0.1) is 6.10 Å². The molecule has 1 heterocycles. The molecule has 16 heavy (non-hydrogen) atoms. The van der Waals surface area contributed by atoms with Crippen molar-refractivity contribution in [1.29, 1.82) is 0 Å². The van der Waals surface area contributed by atoms with Crippen LogP contribution in [0.5, 0.6) is 0 Å². The van der Waals surface area contributed by atoms with E-state index < -0.39 is 0 Å². The molecule has 0 spiro atoms. The van der Waals surface area contributed by atoms with Crippen LogP contribution in [0.4, 0.5) is 0 Å². The first-order chi connectivity index (χ1) is 7.81. The van der Waals surface area contributed by atoms with Crippen LogP contribution >= 0.6 is 0 Å². The summed E-state index contributed by atoms with van der Waals surface area (Å²) in [5.74, 6) is 0.903. The van der Waals surface area contributed by atoms with Gasteiger partial charge in [0.25, 0.3) is 0 Å². The van der Waals surface area contributed by atoms with E-state index in [0.717, 1.165) is 19.1 Å². The van der Waals surface area contributed by atoms with Crippen LogP contribution in [0.15, 0.2) is 0 Å². The summed E-state index contributed by atoms with van der Waals surface area (Å²) in [5.41, 5.74) is 5.91. The smallest absolute Gasteiger partial charge is 0.0743 e. The Balaban J connectivity index is 1.81. The van der Waals surface area contributed by atoms with Crippen LogP contribution in [0.25, 0.3) is 0 Å². The Morgan fingerprint density at radius 3 is 2.56 bits per heavy atom. The third-order valence-electron chi connectivity index (χ3n) is 4.22. The second-order valence-corrected chi connectivity index (χ2v) is 5.44. The van der Waals surface area contributed by atoms with Gasteiger partial charge in [0.15, 0.2) is 0 Å². The maximum atomic E-state index is 5.91. The highest BCUT2D eigenvalue weighted by molar-refractivity contribution is 4.84. The Morgan fingerprint density at radius 1 is 1.25 bits per heavy atom. The monoisotopic (exact) mass is 226 g/mol. The zero-order chi connectivity index (χ0) is 11.4. The lowest BCUT2D eigenvalue weighted by atomic mass is 10.0. The van der Waals surface area contributed by atoms with Gasteiger partial charge in [0.2, 0.25) is 0 Å². The van der Waals surface area contributed by atoms with Crippen molar-refractivity contribution in [3.63, 3.8) is 0 Å². The fraction of sp³-hybridized carbons (Fsp3) is 1.00. The molecule has 1 aliphatic heterocycles. The highest BCUT2D eigenvalue weighted by Gasteiger charge is 2.29. The van der Waals surface area contributed by atoms with E-state index in [-0.39, 0.29) is 0 Å². The zero-order valence-electron chi connectivity index (χ0n) is 10.5. The van der Waals surface area contributed by atoms with Crippen molar-refractivity contribution < 1.29 is 4.74 Å². The molecular weight excluding hydrogens is 200 g/mol. The van der Waals surface area contributed by atoms with Gasteiger partial charge in [-0.05, 0) is 38.6 Å². The first kappa shape index (κ1) is 12.3. The minimum atomic E-state index is 0.386. The maximum absolute atomic E-state index is 5.91. The summed E-state index contributed by atoms with van der Waals surface area (Å²) in [5, 5.41) is 0. The van der Waals surface area contributed by atoms with Gasteiger partial charge >= 0.3 is 0 Å². The molecule has 0 amide bonds. The number of nitrogens with zero attached hydrogens (tertiary/aromatic N) is 1. The lowest BCUT2D eigenvalue weighted by Crippen LogP contribution is -2.47. The van der Waals surface area contributed by atoms with E-state index >= 15 is 0 Å². The molecule has 2 atom stereocenters. The summed E-state index contributed by atoms with van der Waals surface area (Å²) >= 11 is 0. The van der Waals surface area contributed by atoms with Gasteiger partial charge in [-0.2, -0.15) is 0 Å². The van der Waals surface area contributed by atoms with Crippen molar-refractivity contribution in [3.8, 4) is 0 Å². The van der Waals surface area contributed by atoms with Crippen LogP contribution in [0.2, 0.25) is 0 Å². The van der Waals surface area contributed by atoms with Gasteiger partial charge in [0.1, 0.15) is 0 Å². The Morgan fingerprint density at radius 2 is 2.00 bits per heavy atom. The Kier molecular flexibility index (Phi) is 4.62. The molecule has 2 unspecified atom stereocenters. The average molecular weight is 226 g/mol. The summed E-state index contributed by atoms with van der Waals surface area (Å²) in [4.78, 5) is 2.45. The summed E-state index contributed by atoms with van der Waals surface area (Å²) in [7, 11) is 2.22. The lowest BCUT2D eigenvalue weighted by molar-refractivity contribution is 0.0323. The first-order valence-corrected chi connectivity index (χ1v) is 6.83. The first-order valence-electron chi connectivity index (χ1n) is 6.83. The third kappa shape index (κ3) is 2.96. The van der Waals surface area contributed by atoms with E-state index in [2.05, 4.69) is 11.9 Å². The molecule has 1 saturated carbocycles. The molecule has 0 aromatic rings. The van der Waals surface area contributed by atoms with Gasteiger partial charge in [-0.15, -0.1) is 0 Å². The van der Waals surface area contributed by atoms with E-state index in [1.54, 1.807) is 0 Å². The van der Waals surface area contributed by atoms with Crippen molar-refractivity contribution in [2.24, 2.45) is 11.7 Å². The summed E-state index contributed by atoms with van der Waals surface area (Å²) in [6.07, 6.45) is 8.45. The Hall–Kier alpha value is -0.120. The van der Waals surface area contributed by atoms with E-state index in [4.69, 9.17) is 10.5 Å². The van der Waals surface area contributed by atoms with Crippen LogP contribution in [0, 0.1) is 5.92 Å². The molecule has 3 heteroatoms. The summed E-state index contributed by atoms with van der Waals surface area (Å²) in [6, 6.07) is 0.433. The lowest BCUT2D eigenvalue weighted by Gasteiger charge is -2.32. The standard InChI is InChI=1S/C13H26N2O/c1-15(10-11-5-2-3-6-11)12(9-14)13-7-4-8-16-13/h11-13H,2-10,14H2,1H3. The highest BCUT2D eigenvalue weighted by atomic mass is 16.5. The molecule has 2 aliphatic rings. The molecule has 0 bridgehead atoms. The fourth-order valence-electron chi connectivity index (χ4n) is 3.26. The number of hydrogen-bond acceptors (Lipinski definition) is 3. The van der Waals surface area contributed by atoms with Gasteiger partial charge in [-0.3, -0.25) is 4.90 Å². The quantitative estimate of drug-likeness (QED) is 0.774. The van der Waals surface area contributed by atoms with E-state index in [1.807, 2.05) is 0 Å². The Bertz CT molecular complexity index is 198. The minimum absolute atomic E-state index is 0.386. The maximum Gasteiger partial charge on any atom is 0.0743 e. The Labute approximate surface area is 99.3 Å². The summed E-state index contributed by atoms with van der Waals surface area (Å²) in [6.45, 7) is 2.87. The third-order valence-corrected chi connectivity index (χ3v) is 4.22. The minimum Gasteiger partial charge on any atom is -0.377 e. The number of rotatable bonds is 5. The normalized spacial score (nSPS) is 29.1. The van der Waals surface area contributed by atoms with Gasteiger partial charge in [-0.1, -0.05) is 12.8 Å². The fourth-order valence-corrected chi connectivity index (χ4v) is 3.26. The second-order valence-electron chi connectivity index (χ2n) is 5.44. The zero-order valence-corrected chi connectivity index (χ0v) is 10.5. The molecule has 1 saturated heterocycles. The second kappa shape index (κ2) is 5.99. The largest absolute Gasteiger partial charge is 0.377 e. The van der Waals surface area contributed by atoms with Crippen LogP contribution < -0.4 is 5.73 Å². The van der Waals surface area contributed by atoms with E-state index in [0.29, 0.717) is 12.1 Å². The highest BCUT2D eigenvalue weighted by Crippen LogP contribution is 2.27. The van der Waals surface area contributed by atoms with E-state index in [9.17, 15) is 0 Å². The average Bonchev–Trinajstić information content (AvgIpc) is 2.91. The molecule has 0 aromatic heterocycles. The van der Waals surface area contributed by atoms with Crippen molar-refractivity contribution in [1.82, 2.24) is 4.90 Å². The van der Waals surface area contributed by atoms with Crippen molar-refractivity contribution in [2.75, 3.05) is 26.7 Å². The molecule has 2 rings (SSSR count). The van der Waals surface area contributed by atoms with Crippen molar-refractivity contribution in [2.45, 2.75) is 50.7 Å². The molecule has 0 aromatic carbocycles. The SMILES string of the molecule is CN(CC1CCCC1)C(CN)C1CCCO1. The van der Waals surface area contributed by atoms with Crippen LogP contribution in [-0.4, -0.2) is 43.8 Å². The topological polar surface area (TPSA) is 38.5 Å². The van der Waals surface area contributed by atoms with Crippen molar-refractivity contribution in [3.05, 3.63) is 0 Å². The van der Waals surface area contributed by atoms with Crippen LogP contribution in [0.3, 0.4) is 0 Å². The van der Waals surface area contributed by atoms with E-state index in [1.165, 1.54) is 45.1 Å². The number of nitrogens with two attached hydrogens (primary N) is 1. The molecular formula is C13H26N2O. The van der Waals surface area contributed by atoms with Gasteiger partial charge < -0.3 is 10.5 Å². The molecule has 3 nitrogen and oxygen atoms in total. The predicted octanol–water partition coefficient (Wildman–Crippen LogP) is 1.61. The van der Waals surface area contributed by atoms with Crippen LogP contribution in [-0.2, 0) is 4.74 Å². The molecule has 94 valence electrons. The number of hydrogen-bond donors (Lipinski definition) is 1. The van der Waals surface area contributed by atoms with Crippen molar-refractivity contribution >= 4 is 0 Å². The van der Waals surface area contributed by atoms with Gasteiger partial charge in [-0.25, -0.2) is 0 Å².